The molecule has 108 valence electrons. The fraction of sp³-hybridized carbons (Fsp3) is 0.600. The van der Waals surface area contributed by atoms with E-state index >= 15 is 0 Å². The Kier molecular flexibility index (Phi) is 6.83. The first-order valence-corrected chi connectivity index (χ1v) is 8.11. The van der Waals surface area contributed by atoms with E-state index in [0.29, 0.717) is 12.6 Å². The predicted molar refractivity (Wildman–Crippen MR) is 83.2 cm³/mol. The molecule has 4 heteroatoms. The Balaban J connectivity index is 2.98. The van der Waals surface area contributed by atoms with Gasteiger partial charge in [-0.15, -0.1) is 0 Å². The summed E-state index contributed by atoms with van der Waals surface area (Å²) in [5.41, 5.74) is 8.06. The maximum Gasteiger partial charge on any atom is 0.123 e. The molecule has 1 aromatic carbocycles. The van der Waals surface area contributed by atoms with Crippen molar-refractivity contribution in [1.29, 1.82) is 0 Å². The molecule has 0 spiro atoms. The van der Waals surface area contributed by atoms with Gasteiger partial charge in [0.15, 0.2) is 0 Å². The van der Waals surface area contributed by atoms with Gasteiger partial charge in [0, 0.05) is 24.4 Å². The maximum absolute atomic E-state index is 13.2. The van der Waals surface area contributed by atoms with Crippen LogP contribution >= 0.6 is 11.8 Å². The average Bonchev–Trinajstić information content (AvgIpc) is 2.39. The highest BCUT2D eigenvalue weighted by molar-refractivity contribution is 7.98. The van der Waals surface area contributed by atoms with E-state index < -0.39 is 0 Å². The smallest absolute Gasteiger partial charge is 0.123 e. The van der Waals surface area contributed by atoms with E-state index in [0.717, 1.165) is 23.3 Å². The average molecular weight is 284 g/mol. The zero-order chi connectivity index (χ0) is 14.4. The number of hydrogen-bond donors (Lipinski definition) is 1. The van der Waals surface area contributed by atoms with E-state index in [-0.39, 0.29) is 11.9 Å². The van der Waals surface area contributed by atoms with Crippen molar-refractivity contribution in [1.82, 2.24) is 4.90 Å². The molecule has 0 aliphatic heterocycles. The first-order chi connectivity index (χ1) is 9.04. The zero-order valence-electron chi connectivity index (χ0n) is 12.3. The SMILES string of the molecule is CCC(CSC)N(C)C(CN)c1ccc(F)cc1C. The Morgan fingerprint density at radius 3 is 2.58 bits per heavy atom. The Hall–Kier alpha value is -0.580. The lowest BCUT2D eigenvalue weighted by Gasteiger charge is -2.35. The van der Waals surface area contributed by atoms with Crippen LogP contribution in [0.15, 0.2) is 18.2 Å². The second-order valence-corrected chi connectivity index (χ2v) is 5.85. The number of aryl methyl sites for hydroxylation is 1. The lowest BCUT2D eigenvalue weighted by Crippen LogP contribution is -2.40. The van der Waals surface area contributed by atoms with Gasteiger partial charge in [-0.25, -0.2) is 4.39 Å². The van der Waals surface area contributed by atoms with Crippen LogP contribution in [0.25, 0.3) is 0 Å². The summed E-state index contributed by atoms with van der Waals surface area (Å²) in [6.07, 6.45) is 3.21. The summed E-state index contributed by atoms with van der Waals surface area (Å²) in [6, 6.07) is 5.62. The molecule has 0 radical (unpaired) electrons. The number of likely N-dealkylation sites (N-methyl/N-ethyl adjacent to an activating group) is 1. The van der Waals surface area contributed by atoms with Gasteiger partial charge in [0.1, 0.15) is 5.82 Å². The van der Waals surface area contributed by atoms with E-state index in [4.69, 9.17) is 5.73 Å². The van der Waals surface area contributed by atoms with Gasteiger partial charge in [-0.2, -0.15) is 11.8 Å². The Bertz CT molecular complexity index is 398. The van der Waals surface area contributed by atoms with Crippen molar-refractivity contribution in [3.05, 3.63) is 35.1 Å². The van der Waals surface area contributed by atoms with Crippen molar-refractivity contribution >= 4 is 11.8 Å². The topological polar surface area (TPSA) is 29.3 Å². The molecule has 0 fully saturated rings. The Morgan fingerprint density at radius 1 is 1.42 bits per heavy atom. The highest BCUT2D eigenvalue weighted by Crippen LogP contribution is 2.26. The van der Waals surface area contributed by atoms with Gasteiger partial charge in [-0.3, -0.25) is 4.90 Å². The third kappa shape index (κ3) is 4.20. The largest absolute Gasteiger partial charge is 0.329 e. The molecule has 2 nitrogen and oxygen atoms in total. The highest BCUT2D eigenvalue weighted by Gasteiger charge is 2.23. The maximum atomic E-state index is 13.2. The summed E-state index contributed by atoms with van der Waals surface area (Å²) >= 11 is 1.85. The molecule has 1 aromatic rings. The summed E-state index contributed by atoms with van der Waals surface area (Å²) in [6.45, 7) is 4.70. The lowest BCUT2D eigenvalue weighted by molar-refractivity contribution is 0.187. The van der Waals surface area contributed by atoms with E-state index in [9.17, 15) is 4.39 Å². The monoisotopic (exact) mass is 284 g/mol. The zero-order valence-corrected chi connectivity index (χ0v) is 13.1. The van der Waals surface area contributed by atoms with Crippen molar-refractivity contribution in [2.24, 2.45) is 5.73 Å². The summed E-state index contributed by atoms with van der Waals surface area (Å²) in [5.74, 6) is 0.903. The fourth-order valence-corrected chi connectivity index (χ4v) is 3.35. The van der Waals surface area contributed by atoms with Gasteiger partial charge < -0.3 is 5.73 Å². The molecule has 0 amide bonds. The Morgan fingerprint density at radius 2 is 2.11 bits per heavy atom. The minimum Gasteiger partial charge on any atom is -0.329 e. The number of hydrogen-bond acceptors (Lipinski definition) is 3. The molecule has 19 heavy (non-hydrogen) atoms. The fourth-order valence-electron chi connectivity index (χ4n) is 2.50. The van der Waals surface area contributed by atoms with Gasteiger partial charge in [0.25, 0.3) is 0 Å². The molecular weight excluding hydrogens is 259 g/mol. The normalized spacial score (nSPS) is 14.7. The molecule has 0 aliphatic rings. The van der Waals surface area contributed by atoms with Crippen LogP contribution in [0.2, 0.25) is 0 Å². The molecule has 2 N–H and O–H groups in total. The van der Waals surface area contributed by atoms with Gasteiger partial charge in [-0.05, 0) is 49.9 Å². The van der Waals surface area contributed by atoms with E-state index in [1.54, 1.807) is 6.07 Å². The molecule has 1 rings (SSSR count). The van der Waals surface area contributed by atoms with Crippen molar-refractivity contribution in [3.63, 3.8) is 0 Å². The van der Waals surface area contributed by atoms with Crippen LogP contribution in [-0.4, -0.2) is 36.5 Å². The number of benzene rings is 1. The predicted octanol–water partition coefficient (Wildman–Crippen LogP) is 3.21. The molecule has 0 saturated carbocycles. The molecule has 2 atom stereocenters. The lowest BCUT2D eigenvalue weighted by atomic mass is 9.98. The van der Waals surface area contributed by atoms with Crippen LogP contribution < -0.4 is 5.73 Å². The molecule has 2 unspecified atom stereocenters. The van der Waals surface area contributed by atoms with Gasteiger partial charge >= 0.3 is 0 Å². The molecule has 0 aromatic heterocycles. The van der Waals surface area contributed by atoms with E-state index in [2.05, 4.69) is 25.1 Å². The highest BCUT2D eigenvalue weighted by atomic mass is 32.2. The van der Waals surface area contributed by atoms with E-state index in [1.165, 1.54) is 6.07 Å². The third-order valence-corrected chi connectivity index (χ3v) is 4.43. The van der Waals surface area contributed by atoms with Gasteiger partial charge in [0.2, 0.25) is 0 Å². The van der Waals surface area contributed by atoms with Crippen LogP contribution in [0, 0.1) is 12.7 Å². The van der Waals surface area contributed by atoms with Gasteiger partial charge in [-0.1, -0.05) is 13.0 Å². The van der Waals surface area contributed by atoms with Crippen molar-refractivity contribution in [2.45, 2.75) is 32.4 Å². The van der Waals surface area contributed by atoms with Crippen LogP contribution in [0.1, 0.15) is 30.5 Å². The van der Waals surface area contributed by atoms with Gasteiger partial charge in [0.05, 0.1) is 0 Å². The van der Waals surface area contributed by atoms with Crippen LogP contribution in [-0.2, 0) is 0 Å². The standard InChI is InChI=1S/C15H25FN2S/c1-5-13(10-19-4)18(3)15(9-17)14-7-6-12(16)8-11(14)2/h6-8,13,15H,5,9-10,17H2,1-4H3. The number of thioether (sulfide) groups is 1. The molecular formula is C15H25FN2S. The minimum absolute atomic E-state index is 0.151. The second-order valence-electron chi connectivity index (χ2n) is 4.94. The van der Waals surface area contributed by atoms with Crippen LogP contribution in [0.4, 0.5) is 4.39 Å². The molecule has 0 saturated heterocycles. The van der Waals surface area contributed by atoms with Crippen molar-refractivity contribution in [2.75, 3.05) is 25.6 Å². The van der Waals surface area contributed by atoms with Crippen molar-refractivity contribution in [3.8, 4) is 0 Å². The molecule has 0 aliphatic carbocycles. The Labute approximate surface area is 120 Å². The summed E-state index contributed by atoms with van der Waals surface area (Å²) < 4.78 is 13.2. The van der Waals surface area contributed by atoms with Crippen molar-refractivity contribution < 1.29 is 4.39 Å². The van der Waals surface area contributed by atoms with Crippen LogP contribution in [0.3, 0.4) is 0 Å². The summed E-state index contributed by atoms with van der Waals surface area (Å²) in [5, 5.41) is 0. The third-order valence-electron chi connectivity index (χ3n) is 3.71. The number of halogens is 1. The number of nitrogens with two attached hydrogens (primary N) is 1. The molecule has 0 heterocycles. The van der Waals surface area contributed by atoms with Crippen LogP contribution in [0.5, 0.6) is 0 Å². The second kappa shape index (κ2) is 7.88. The van der Waals surface area contributed by atoms with E-state index in [1.807, 2.05) is 24.8 Å². The quantitative estimate of drug-likeness (QED) is 0.833. The number of nitrogens with zero attached hydrogens (tertiary/aromatic N) is 1. The first kappa shape index (κ1) is 16.5. The first-order valence-electron chi connectivity index (χ1n) is 6.72. The summed E-state index contributed by atoms with van der Waals surface area (Å²) in [4.78, 5) is 2.33. The summed E-state index contributed by atoms with van der Waals surface area (Å²) in [7, 11) is 2.12. The number of rotatable bonds is 7. The minimum atomic E-state index is -0.184. The molecule has 0 bridgehead atoms.